The molecule has 13 heavy (non-hydrogen) atoms. The highest BCUT2D eigenvalue weighted by atomic mass is 15.2. The Morgan fingerprint density at radius 3 is 2.15 bits per heavy atom. The SMILES string of the molecule is CCN(CC(C)C)C(N)=NC(C)C. The lowest BCUT2D eigenvalue weighted by Crippen LogP contribution is -2.40. The first kappa shape index (κ1) is 12.3. The molecule has 3 nitrogen and oxygen atoms in total. The van der Waals surface area contributed by atoms with Crippen LogP contribution >= 0.6 is 0 Å². The van der Waals surface area contributed by atoms with Gasteiger partial charge in [-0.05, 0) is 26.7 Å². The Hall–Kier alpha value is -0.730. The van der Waals surface area contributed by atoms with E-state index < -0.39 is 0 Å². The van der Waals surface area contributed by atoms with Crippen LogP contribution in [0.25, 0.3) is 0 Å². The zero-order valence-electron chi connectivity index (χ0n) is 9.54. The van der Waals surface area contributed by atoms with Gasteiger partial charge < -0.3 is 10.6 Å². The number of nitrogens with zero attached hydrogens (tertiary/aromatic N) is 2. The molecule has 0 saturated carbocycles. The molecular formula is C10H23N3. The van der Waals surface area contributed by atoms with Crippen molar-refractivity contribution in [3.05, 3.63) is 0 Å². The van der Waals surface area contributed by atoms with E-state index in [1.54, 1.807) is 0 Å². The highest BCUT2D eigenvalue weighted by Gasteiger charge is 2.07. The molecule has 0 aromatic heterocycles. The fourth-order valence-corrected chi connectivity index (χ4v) is 1.17. The summed E-state index contributed by atoms with van der Waals surface area (Å²) in [6.07, 6.45) is 0. The fraction of sp³-hybridized carbons (Fsp3) is 0.900. The first-order valence-corrected chi connectivity index (χ1v) is 5.05. The van der Waals surface area contributed by atoms with E-state index in [0.717, 1.165) is 13.1 Å². The Morgan fingerprint density at radius 2 is 1.85 bits per heavy atom. The van der Waals surface area contributed by atoms with Gasteiger partial charge in [0.15, 0.2) is 5.96 Å². The monoisotopic (exact) mass is 185 g/mol. The highest BCUT2D eigenvalue weighted by Crippen LogP contribution is 1.99. The quantitative estimate of drug-likeness (QED) is 0.535. The molecule has 0 aromatic rings. The van der Waals surface area contributed by atoms with Crippen LogP contribution in [0.2, 0.25) is 0 Å². The molecule has 0 aliphatic rings. The van der Waals surface area contributed by atoms with Crippen LogP contribution in [0, 0.1) is 5.92 Å². The fourth-order valence-electron chi connectivity index (χ4n) is 1.17. The van der Waals surface area contributed by atoms with E-state index in [-0.39, 0.29) is 6.04 Å². The molecule has 0 saturated heterocycles. The zero-order valence-corrected chi connectivity index (χ0v) is 9.54. The summed E-state index contributed by atoms with van der Waals surface area (Å²) in [4.78, 5) is 6.44. The summed E-state index contributed by atoms with van der Waals surface area (Å²) in [7, 11) is 0. The molecule has 78 valence electrons. The molecule has 0 aromatic carbocycles. The Morgan fingerprint density at radius 1 is 1.31 bits per heavy atom. The highest BCUT2D eigenvalue weighted by molar-refractivity contribution is 5.78. The van der Waals surface area contributed by atoms with E-state index in [9.17, 15) is 0 Å². The van der Waals surface area contributed by atoms with Gasteiger partial charge in [0, 0.05) is 19.1 Å². The van der Waals surface area contributed by atoms with Crippen LogP contribution in [-0.4, -0.2) is 30.0 Å². The molecule has 0 atom stereocenters. The maximum atomic E-state index is 5.85. The third kappa shape index (κ3) is 5.50. The van der Waals surface area contributed by atoms with Crippen molar-refractivity contribution in [3.63, 3.8) is 0 Å². The number of aliphatic imine (C=N–C) groups is 1. The van der Waals surface area contributed by atoms with Gasteiger partial charge in [0.1, 0.15) is 0 Å². The number of nitrogens with two attached hydrogens (primary N) is 1. The van der Waals surface area contributed by atoms with E-state index in [2.05, 4.69) is 30.7 Å². The smallest absolute Gasteiger partial charge is 0.191 e. The van der Waals surface area contributed by atoms with Gasteiger partial charge in [-0.1, -0.05) is 13.8 Å². The minimum atomic E-state index is 0.279. The second-order valence-corrected chi connectivity index (χ2v) is 4.01. The third-order valence-corrected chi connectivity index (χ3v) is 1.68. The maximum absolute atomic E-state index is 5.85. The van der Waals surface area contributed by atoms with Crippen molar-refractivity contribution in [1.29, 1.82) is 0 Å². The van der Waals surface area contributed by atoms with E-state index in [1.807, 2.05) is 13.8 Å². The number of rotatable bonds is 4. The summed E-state index contributed by atoms with van der Waals surface area (Å²) >= 11 is 0. The standard InChI is InChI=1S/C10H23N3/c1-6-13(7-8(2)3)10(11)12-9(4)5/h8-9H,6-7H2,1-5H3,(H2,11,12). The summed E-state index contributed by atoms with van der Waals surface area (Å²) in [5.41, 5.74) is 5.85. The van der Waals surface area contributed by atoms with Crippen LogP contribution in [0.4, 0.5) is 0 Å². The molecule has 0 amide bonds. The van der Waals surface area contributed by atoms with Gasteiger partial charge in [0.05, 0.1) is 0 Å². The molecule has 0 spiro atoms. The van der Waals surface area contributed by atoms with Crippen molar-refractivity contribution in [2.45, 2.75) is 40.7 Å². The van der Waals surface area contributed by atoms with Gasteiger partial charge in [-0.15, -0.1) is 0 Å². The molecule has 0 bridgehead atoms. The van der Waals surface area contributed by atoms with Crippen molar-refractivity contribution in [2.75, 3.05) is 13.1 Å². The Bertz CT molecular complexity index is 162. The van der Waals surface area contributed by atoms with Crippen LogP contribution in [0.3, 0.4) is 0 Å². The van der Waals surface area contributed by atoms with Crippen LogP contribution in [0.1, 0.15) is 34.6 Å². The molecule has 0 heterocycles. The van der Waals surface area contributed by atoms with Crippen LogP contribution in [-0.2, 0) is 0 Å². The van der Waals surface area contributed by atoms with Crippen molar-refractivity contribution in [2.24, 2.45) is 16.6 Å². The largest absolute Gasteiger partial charge is 0.370 e. The molecule has 0 aliphatic carbocycles. The summed E-state index contributed by atoms with van der Waals surface area (Å²) in [6.45, 7) is 12.5. The molecule has 0 radical (unpaired) electrons. The molecule has 0 unspecified atom stereocenters. The van der Waals surface area contributed by atoms with E-state index >= 15 is 0 Å². The Balaban J connectivity index is 4.22. The number of hydrogen-bond donors (Lipinski definition) is 1. The van der Waals surface area contributed by atoms with Crippen molar-refractivity contribution in [1.82, 2.24) is 4.90 Å². The molecule has 2 N–H and O–H groups in total. The van der Waals surface area contributed by atoms with E-state index in [1.165, 1.54) is 0 Å². The van der Waals surface area contributed by atoms with Crippen LogP contribution in [0.15, 0.2) is 4.99 Å². The van der Waals surface area contributed by atoms with E-state index in [4.69, 9.17) is 5.73 Å². The second-order valence-electron chi connectivity index (χ2n) is 4.01. The van der Waals surface area contributed by atoms with Crippen molar-refractivity contribution >= 4 is 5.96 Å². The zero-order chi connectivity index (χ0) is 10.4. The number of guanidine groups is 1. The predicted molar refractivity (Wildman–Crippen MR) is 58.8 cm³/mol. The summed E-state index contributed by atoms with van der Waals surface area (Å²) in [5, 5.41) is 0. The predicted octanol–water partition coefficient (Wildman–Crippen LogP) is 1.69. The lowest BCUT2D eigenvalue weighted by atomic mass is 10.2. The topological polar surface area (TPSA) is 41.6 Å². The van der Waals surface area contributed by atoms with E-state index in [0.29, 0.717) is 11.9 Å². The summed E-state index contributed by atoms with van der Waals surface area (Å²) in [6, 6.07) is 0.279. The van der Waals surface area contributed by atoms with Crippen LogP contribution in [0.5, 0.6) is 0 Å². The number of hydrogen-bond acceptors (Lipinski definition) is 1. The average Bonchev–Trinajstić information content (AvgIpc) is 1.98. The second kappa shape index (κ2) is 5.84. The van der Waals surface area contributed by atoms with Gasteiger partial charge in [-0.25, -0.2) is 0 Å². The lowest BCUT2D eigenvalue weighted by molar-refractivity contribution is 0.375. The third-order valence-electron chi connectivity index (χ3n) is 1.68. The first-order chi connectivity index (χ1) is 5.97. The van der Waals surface area contributed by atoms with Crippen LogP contribution < -0.4 is 5.73 Å². The summed E-state index contributed by atoms with van der Waals surface area (Å²) in [5.74, 6) is 1.30. The molecule has 0 fully saturated rings. The van der Waals surface area contributed by atoms with Crippen molar-refractivity contribution in [3.8, 4) is 0 Å². The van der Waals surface area contributed by atoms with Crippen molar-refractivity contribution < 1.29 is 0 Å². The molecule has 0 aliphatic heterocycles. The van der Waals surface area contributed by atoms with Gasteiger partial charge in [-0.2, -0.15) is 0 Å². The maximum Gasteiger partial charge on any atom is 0.191 e. The minimum absolute atomic E-state index is 0.279. The summed E-state index contributed by atoms with van der Waals surface area (Å²) < 4.78 is 0. The molecule has 3 heteroatoms. The minimum Gasteiger partial charge on any atom is -0.370 e. The average molecular weight is 185 g/mol. The van der Waals surface area contributed by atoms with Gasteiger partial charge in [-0.3, -0.25) is 4.99 Å². The van der Waals surface area contributed by atoms with Gasteiger partial charge in [0.2, 0.25) is 0 Å². The lowest BCUT2D eigenvalue weighted by Gasteiger charge is -2.24. The molecule has 0 rings (SSSR count). The Labute approximate surface area is 82.0 Å². The Kier molecular flexibility index (Phi) is 5.51. The normalized spacial score (nSPS) is 12.7. The van der Waals surface area contributed by atoms with Gasteiger partial charge >= 0.3 is 0 Å². The van der Waals surface area contributed by atoms with Gasteiger partial charge in [0.25, 0.3) is 0 Å². The molecular weight excluding hydrogens is 162 g/mol. The first-order valence-electron chi connectivity index (χ1n) is 5.05.